The fourth-order valence-corrected chi connectivity index (χ4v) is 3.03. The predicted octanol–water partition coefficient (Wildman–Crippen LogP) is 3.43. The van der Waals surface area contributed by atoms with Crippen molar-refractivity contribution in [1.29, 1.82) is 0 Å². The van der Waals surface area contributed by atoms with E-state index in [0.717, 1.165) is 16.5 Å². The average Bonchev–Trinajstić information content (AvgIpc) is 3.34. The summed E-state index contributed by atoms with van der Waals surface area (Å²) in [5, 5.41) is 11.7. The first-order valence-corrected chi connectivity index (χ1v) is 8.91. The van der Waals surface area contributed by atoms with Gasteiger partial charge in [-0.1, -0.05) is 6.07 Å². The maximum atomic E-state index is 12.5. The second-order valence-corrected chi connectivity index (χ2v) is 6.46. The van der Waals surface area contributed by atoms with Gasteiger partial charge in [-0.2, -0.15) is 0 Å². The molecule has 8 nitrogen and oxygen atoms in total. The van der Waals surface area contributed by atoms with E-state index < -0.39 is 5.97 Å². The molecule has 2 heterocycles. The van der Waals surface area contributed by atoms with Crippen LogP contribution in [0.5, 0.6) is 0 Å². The van der Waals surface area contributed by atoms with Crippen molar-refractivity contribution in [2.24, 2.45) is 0 Å². The van der Waals surface area contributed by atoms with Crippen LogP contribution in [0.15, 0.2) is 59.1 Å². The molecule has 0 aliphatic rings. The maximum absolute atomic E-state index is 12.5. The molecule has 0 atom stereocenters. The van der Waals surface area contributed by atoms with Gasteiger partial charge in [0, 0.05) is 29.9 Å². The lowest BCUT2D eigenvalue weighted by molar-refractivity contribution is -0.116. The second kappa shape index (κ2) is 7.59. The molecule has 0 aliphatic heterocycles. The Bertz CT molecular complexity index is 1190. The van der Waals surface area contributed by atoms with Crippen molar-refractivity contribution < 1.29 is 18.7 Å². The molecule has 1 amide bonds. The highest BCUT2D eigenvalue weighted by Gasteiger charge is 2.11. The molecule has 0 saturated heterocycles. The number of fused-ring (bicyclic) bond motifs is 1. The summed E-state index contributed by atoms with van der Waals surface area (Å²) < 4.78 is 12.0. The highest BCUT2D eigenvalue weighted by Crippen LogP contribution is 2.24. The van der Waals surface area contributed by atoms with E-state index in [1.54, 1.807) is 31.2 Å². The number of aromatic nitrogens is 3. The van der Waals surface area contributed by atoms with E-state index in [2.05, 4.69) is 20.3 Å². The number of hydrogen-bond acceptors (Lipinski definition) is 6. The van der Waals surface area contributed by atoms with Crippen molar-refractivity contribution in [3.63, 3.8) is 0 Å². The van der Waals surface area contributed by atoms with Gasteiger partial charge in [0.1, 0.15) is 6.54 Å². The number of esters is 1. The number of amides is 1. The number of aryl methyl sites for hydroxylation is 1. The van der Waals surface area contributed by atoms with Crippen LogP contribution in [0.25, 0.3) is 22.4 Å². The van der Waals surface area contributed by atoms with Gasteiger partial charge in [-0.3, -0.25) is 4.79 Å². The van der Waals surface area contributed by atoms with Crippen LogP contribution < -0.4 is 5.32 Å². The number of carbonyl (C=O) groups excluding carboxylic acids is 2. The molecule has 4 aromatic rings. The largest absolute Gasteiger partial charge is 0.465 e. The summed E-state index contributed by atoms with van der Waals surface area (Å²) in [6, 6.07) is 14.2. The number of benzene rings is 2. The first-order chi connectivity index (χ1) is 14.0. The number of anilines is 1. The fourth-order valence-electron chi connectivity index (χ4n) is 3.03. The minimum Gasteiger partial charge on any atom is -0.465 e. The summed E-state index contributed by atoms with van der Waals surface area (Å²) >= 11 is 0. The highest BCUT2D eigenvalue weighted by atomic mass is 16.5. The van der Waals surface area contributed by atoms with Gasteiger partial charge in [-0.05, 0) is 47.9 Å². The van der Waals surface area contributed by atoms with Crippen LogP contribution in [0, 0.1) is 6.92 Å². The molecule has 8 heteroatoms. The van der Waals surface area contributed by atoms with Gasteiger partial charge in [0.2, 0.25) is 17.7 Å². The van der Waals surface area contributed by atoms with Crippen LogP contribution in [-0.4, -0.2) is 33.8 Å². The van der Waals surface area contributed by atoms with Crippen LogP contribution in [-0.2, 0) is 16.1 Å². The van der Waals surface area contributed by atoms with Gasteiger partial charge in [-0.25, -0.2) is 4.79 Å². The average molecular weight is 390 g/mol. The van der Waals surface area contributed by atoms with E-state index in [0.29, 0.717) is 23.0 Å². The van der Waals surface area contributed by atoms with E-state index in [-0.39, 0.29) is 12.5 Å². The summed E-state index contributed by atoms with van der Waals surface area (Å²) in [4.78, 5) is 24.0. The molecule has 4 rings (SSSR count). The first kappa shape index (κ1) is 18.4. The second-order valence-electron chi connectivity index (χ2n) is 6.46. The number of nitrogens with zero attached hydrogens (tertiary/aromatic N) is 3. The van der Waals surface area contributed by atoms with Gasteiger partial charge >= 0.3 is 5.97 Å². The lowest BCUT2D eigenvalue weighted by atomic mass is 10.1. The smallest absolute Gasteiger partial charge is 0.337 e. The summed E-state index contributed by atoms with van der Waals surface area (Å²) in [6.45, 7) is 1.87. The molecular formula is C21H18N4O4. The summed E-state index contributed by atoms with van der Waals surface area (Å²) in [7, 11) is 1.32. The van der Waals surface area contributed by atoms with E-state index in [1.807, 2.05) is 35.0 Å². The monoisotopic (exact) mass is 390 g/mol. The SMILES string of the molecule is COC(=O)c1ccc(NC(=O)Cn2ccc3ccc(-c4nnc(C)o4)cc32)cc1. The Morgan fingerprint density at radius 3 is 2.59 bits per heavy atom. The van der Waals surface area contributed by atoms with E-state index in [1.165, 1.54) is 7.11 Å². The number of rotatable bonds is 5. The van der Waals surface area contributed by atoms with Gasteiger partial charge < -0.3 is 19.0 Å². The lowest BCUT2D eigenvalue weighted by Crippen LogP contribution is -2.18. The fraction of sp³-hybridized carbons (Fsp3) is 0.143. The number of methoxy groups -OCH3 is 1. The maximum Gasteiger partial charge on any atom is 0.337 e. The Morgan fingerprint density at radius 2 is 1.90 bits per heavy atom. The number of carbonyl (C=O) groups is 2. The van der Waals surface area contributed by atoms with Crippen molar-refractivity contribution in [2.45, 2.75) is 13.5 Å². The van der Waals surface area contributed by atoms with Crippen molar-refractivity contribution in [1.82, 2.24) is 14.8 Å². The van der Waals surface area contributed by atoms with E-state index in [9.17, 15) is 9.59 Å². The molecule has 0 aliphatic carbocycles. The zero-order chi connectivity index (χ0) is 20.4. The summed E-state index contributed by atoms with van der Waals surface area (Å²) in [5.41, 5.74) is 2.69. The molecule has 0 unspecified atom stereocenters. The Labute approximate surface area is 166 Å². The zero-order valence-electron chi connectivity index (χ0n) is 15.9. The molecule has 2 aromatic heterocycles. The molecule has 1 N–H and O–H groups in total. The van der Waals surface area contributed by atoms with Crippen molar-refractivity contribution in [2.75, 3.05) is 12.4 Å². The van der Waals surface area contributed by atoms with Crippen molar-refractivity contribution in [3.05, 3.63) is 66.2 Å². The van der Waals surface area contributed by atoms with Gasteiger partial charge in [0.15, 0.2) is 0 Å². The molecule has 2 aromatic carbocycles. The topological polar surface area (TPSA) is 99.2 Å². The minimum absolute atomic E-state index is 0.133. The zero-order valence-corrected chi connectivity index (χ0v) is 15.9. The van der Waals surface area contributed by atoms with Crippen LogP contribution in [0.3, 0.4) is 0 Å². The number of hydrogen-bond donors (Lipinski definition) is 1. The van der Waals surface area contributed by atoms with Crippen LogP contribution in [0.2, 0.25) is 0 Å². The van der Waals surface area contributed by atoms with Gasteiger partial charge in [0.25, 0.3) is 0 Å². The van der Waals surface area contributed by atoms with Crippen LogP contribution in [0.4, 0.5) is 5.69 Å². The molecule has 0 spiro atoms. The predicted molar refractivity (Wildman–Crippen MR) is 106 cm³/mol. The molecule has 0 radical (unpaired) electrons. The third-order valence-corrected chi connectivity index (χ3v) is 4.45. The molecule has 146 valence electrons. The Kier molecular flexibility index (Phi) is 4.82. The standard InChI is InChI=1S/C21H18N4O4/c1-13-23-24-20(29-13)16-4-3-14-9-10-25(18(14)11-16)12-19(26)22-17-7-5-15(6-8-17)21(27)28-2/h3-11H,12H2,1-2H3,(H,22,26). The number of nitrogens with one attached hydrogen (secondary N) is 1. The Hall–Kier alpha value is -3.94. The molecule has 0 bridgehead atoms. The first-order valence-electron chi connectivity index (χ1n) is 8.91. The molecular weight excluding hydrogens is 372 g/mol. The number of ether oxygens (including phenoxy) is 1. The third-order valence-electron chi connectivity index (χ3n) is 4.45. The van der Waals surface area contributed by atoms with Crippen molar-refractivity contribution >= 4 is 28.5 Å². The van der Waals surface area contributed by atoms with Crippen LogP contribution >= 0.6 is 0 Å². The Balaban J connectivity index is 1.51. The van der Waals surface area contributed by atoms with E-state index >= 15 is 0 Å². The third kappa shape index (κ3) is 3.86. The summed E-state index contributed by atoms with van der Waals surface area (Å²) in [5.74, 6) is 0.321. The Morgan fingerprint density at radius 1 is 1.10 bits per heavy atom. The molecule has 0 fully saturated rings. The molecule has 0 saturated carbocycles. The minimum atomic E-state index is -0.422. The van der Waals surface area contributed by atoms with Gasteiger partial charge in [0.05, 0.1) is 12.7 Å². The lowest BCUT2D eigenvalue weighted by Gasteiger charge is -2.08. The quantitative estimate of drug-likeness (QED) is 0.524. The highest BCUT2D eigenvalue weighted by molar-refractivity contribution is 5.94. The van der Waals surface area contributed by atoms with Gasteiger partial charge in [-0.15, -0.1) is 10.2 Å². The van der Waals surface area contributed by atoms with Crippen molar-refractivity contribution in [3.8, 4) is 11.5 Å². The molecule has 29 heavy (non-hydrogen) atoms. The normalized spacial score (nSPS) is 10.8. The van der Waals surface area contributed by atoms with E-state index in [4.69, 9.17) is 4.42 Å². The summed E-state index contributed by atoms with van der Waals surface area (Å²) in [6.07, 6.45) is 1.85. The van der Waals surface area contributed by atoms with Crippen LogP contribution in [0.1, 0.15) is 16.2 Å².